The maximum Gasteiger partial charge on any atom is 0.103 e. The Hall–Kier alpha value is -0.800. The molecule has 1 aliphatic rings. The first-order valence-electron chi connectivity index (χ1n) is 7.18. The molecule has 0 spiro atoms. The topological polar surface area (TPSA) is 34.4 Å². The van der Waals surface area contributed by atoms with Gasteiger partial charge in [0, 0.05) is 25.7 Å². The Morgan fingerprint density at radius 2 is 2.39 bits per heavy atom. The van der Waals surface area contributed by atoms with Gasteiger partial charge in [0.25, 0.3) is 0 Å². The maximum absolute atomic E-state index is 5.60. The van der Waals surface area contributed by atoms with Crippen LogP contribution in [0.15, 0.2) is 22.8 Å². The molecule has 102 valence electrons. The third-order valence-corrected chi connectivity index (χ3v) is 3.41. The summed E-state index contributed by atoms with van der Waals surface area (Å²) in [5.74, 6) is 1.96. The van der Waals surface area contributed by atoms with Gasteiger partial charge in [-0.25, -0.2) is 0 Å². The molecule has 1 atom stereocenters. The largest absolute Gasteiger partial charge is 0.469 e. The molecule has 0 radical (unpaired) electrons. The molecule has 3 nitrogen and oxygen atoms in total. The fourth-order valence-corrected chi connectivity index (χ4v) is 1.97. The molecule has 0 amide bonds. The zero-order valence-electron chi connectivity index (χ0n) is 11.4. The van der Waals surface area contributed by atoms with E-state index in [0.717, 1.165) is 50.7 Å². The molecule has 1 unspecified atom stereocenters. The van der Waals surface area contributed by atoms with Crippen LogP contribution in [0.4, 0.5) is 0 Å². The Bertz CT molecular complexity index is 306. The number of rotatable bonds is 10. The van der Waals surface area contributed by atoms with Gasteiger partial charge >= 0.3 is 0 Å². The molecule has 0 bridgehead atoms. The van der Waals surface area contributed by atoms with Crippen molar-refractivity contribution in [3.63, 3.8) is 0 Å². The van der Waals surface area contributed by atoms with Crippen LogP contribution in [0.3, 0.4) is 0 Å². The number of nitrogens with one attached hydrogen (secondary N) is 1. The highest BCUT2D eigenvalue weighted by Crippen LogP contribution is 2.28. The Balaban J connectivity index is 1.40. The number of hydrogen-bond donors (Lipinski definition) is 1. The summed E-state index contributed by atoms with van der Waals surface area (Å²) in [4.78, 5) is 0. The van der Waals surface area contributed by atoms with Crippen molar-refractivity contribution < 1.29 is 9.15 Å². The van der Waals surface area contributed by atoms with Crippen LogP contribution in [0, 0.1) is 5.92 Å². The fourth-order valence-electron chi connectivity index (χ4n) is 1.97. The summed E-state index contributed by atoms with van der Waals surface area (Å²) < 4.78 is 10.9. The maximum atomic E-state index is 5.60. The predicted octanol–water partition coefficient (Wildman–Crippen LogP) is 3.01. The molecular formula is C15H25NO2. The molecule has 0 aromatic carbocycles. The van der Waals surface area contributed by atoms with Gasteiger partial charge in [-0.05, 0) is 57.2 Å². The average Bonchev–Trinajstić information content (AvgIpc) is 3.04. The standard InChI is InChI=1S/C15H25NO2/c1-13(5-8-15-4-2-11-18-15)16-9-3-10-17-12-14-6-7-14/h2,4,11,13-14,16H,3,5-10,12H2,1H3. The molecule has 1 aromatic rings. The van der Waals surface area contributed by atoms with E-state index in [-0.39, 0.29) is 0 Å². The highest BCUT2D eigenvalue weighted by atomic mass is 16.5. The Labute approximate surface area is 110 Å². The lowest BCUT2D eigenvalue weighted by atomic mass is 10.1. The van der Waals surface area contributed by atoms with E-state index in [2.05, 4.69) is 12.2 Å². The zero-order valence-corrected chi connectivity index (χ0v) is 11.4. The second kappa shape index (κ2) is 7.59. The predicted molar refractivity (Wildman–Crippen MR) is 72.7 cm³/mol. The second-order valence-electron chi connectivity index (χ2n) is 5.35. The first-order chi connectivity index (χ1) is 8.84. The van der Waals surface area contributed by atoms with Crippen molar-refractivity contribution in [3.05, 3.63) is 24.2 Å². The first kappa shape index (κ1) is 13.6. The molecule has 1 N–H and O–H groups in total. The number of aryl methyl sites for hydroxylation is 1. The molecule has 1 fully saturated rings. The molecule has 0 saturated heterocycles. The van der Waals surface area contributed by atoms with Gasteiger partial charge in [0.15, 0.2) is 0 Å². The van der Waals surface area contributed by atoms with E-state index in [1.807, 2.05) is 12.1 Å². The minimum atomic E-state index is 0.540. The molecule has 1 aliphatic carbocycles. The van der Waals surface area contributed by atoms with Gasteiger partial charge in [0.2, 0.25) is 0 Å². The van der Waals surface area contributed by atoms with Crippen molar-refractivity contribution in [3.8, 4) is 0 Å². The monoisotopic (exact) mass is 251 g/mol. The number of ether oxygens (including phenoxy) is 1. The van der Waals surface area contributed by atoms with Gasteiger partial charge in [-0.2, -0.15) is 0 Å². The van der Waals surface area contributed by atoms with Gasteiger partial charge in [-0.1, -0.05) is 0 Å². The zero-order chi connectivity index (χ0) is 12.6. The van der Waals surface area contributed by atoms with Crippen LogP contribution in [0.2, 0.25) is 0 Å². The first-order valence-corrected chi connectivity index (χ1v) is 7.18. The summed E-state index contributed by atoms with van der Waals surface area (Å²) in [6.45, 7) is 5.15. The van der Waals surface area contributed by atoms with Crippen LogP contribution in [0.25, 0.3) is 0 Å². The molecular weight excluding hydrogens is 226 g/mol. The van der Waals surface area contributed by atoms with Crippen LogP contribution in [0.5, 0.6) is 0 Å². The fraction of sp³-hybridized carbons (Fsp3) is 0.733. The van der Waals surface area contributed by atoms with Crippen LogP contribution in [0.1, 0.15) is 38.4 Å². The van der Waals surface area contributed by atoms with Crippen LogP contribution in [-0.4, -0.2) is 25.8 Å². The Kier molecular flexibility index (Phi) is 5.75. The third-order valence-electron chi connectivity index (χ3n) is 3.41. The molecule has 1 heterocycles. The van der Waals surface area contributed by atoms with Crippen molar-refractivity contribution >= 4 is 0 Å². The second-order valence-corrected chi connectivity index (χ2v) is 5.35. The summed E-state index contributed by atoms with van der Waals surface area (Å²) in [5.41, 5.74) is 0. The van der Waals surface area contributed by atoms with Gasteiger partial charge in [0.1, 0.15) is 5.76 Å². The van der Waals surface area contributed by atoms with Crippen molar-refractivity contribution in [2.24, 2.45) is 5.92 Å². The highest BCUT2D eigenvalue weighted by molar-refractivity contribution is 4.98. The summed E-state index contributed by atoms with van der Waals surface area (Å²) in [5, 5.41) is 3.53. The Morgan fingerprint density at radius 3 is 3.11 bits per heavy atom. The van der Waals surface area contributed by atoms with Crippen LogP contribution >= 0.6 is 0 Å². The lowest BCUT2D eigenvalue weighted by Gasteiger charge is -2.12. The van der Waals surface area contributed by atoms with E-state index >= 15 is 0 Å². The average molecular weight is 251 g/mol. The van der Waals surface area contributed by atoms with E-state index in [0.29, 0.717) is 6.04 Å². The normalized spacial score (nSPS) is 16.9. The van der Waals surface area contributed by atoms with Crippen LogP contribution in [-0.2, 0) is 11.2 Å². The van der Waals surface area contributed by atoms with Crippen molar-refractivity contribution in [1.29, 1.82) is 0 Å². The van der Waals surface area contributed by atoms with Gasteiger partial charge in [-0.3, -0.25) is 0 Å². The van der Waals surface area contributed by atoms with E-state index in [1.54, 1.807) is 6.26 Å². The lowest BCUT2D eigenvalue weighted by molar-refractivity contribution is 0.121. The molecule has 1 saturated carbocycles. The van der Waals surface area contributed by atoms with Gasteiger partial charge in [0.05, 0.1) is 6.26 Å². The summed E-state index contributed by atoms with van der Waals surface area (Å²) in [6.07, 6.45) is 7.74. The van der Waals surface area contributed by atoms with Crippen molar-refractivity contribution in [2.45, 2.75) is 45.1 Å². The summed E-state index contributed by atoms with van der Waals surface area (Å²) in [7, 11) is 0. The third kappa shape index (κ3) is 5.69. The van der Waals surface area contributed by atoms with E-state index in [1.165, 1.54) is 12.8 Å². The number of furan rings is 1. The molecule has 3 heteroatoms. The molecule has 0 aliphatic heterocycles. The SMILES string of the molecule is CC(CCc1ccco1)NCCCOCC1CC1. The van der Waals surface area contributed by atoms with Gasteiger partial charge in [-0.15, -0.1) is 0 Å². The van der Waals surface area contributed by atoms with Crippen molar-refractivity contribution in [1.82, 2.24) is 5.32 Å². The van der Waals surface area contributed by atoms with Crippen molar-refractivity contribution in [2.75, 3.05) is 19.8 Å². The summed E-state index contributed by atoms with van der Waals surface area (Å²) >= 11 is 0. The highest BCUT2D eigenvalue weighted by Gasteiger charge is 2.20. The minimum absolute atomic E-state index is 0.540. The quantitative estimate of drug-likeness (QED) is 0.649. The molecule has 18 heavy (non-hydrogen) atoms. The van der Waals surface area contributed by atoms with E-state index in [9.17, 15) is 0 Å². The smallest absolute Gasteiger partial charge is 0.103 e. The van der Waals surface area contributed by atoms with E-state index in [4.69, 9.17) is 9.15 Å². The summed E-state index contributed by atoms with van der Waals surface area (Å²) in [6, 6.07) is 4.53. The van der Waals surface area contributed by atoms with Crippen LogP contribution < -0.4 is 5.32 Å². The lowest BCUT2D eigenvalue weighted by Crippen LogP contribution is -2.28. The Morgan fingerprint density at radius 1 is 1.50 bits per heavy atom. The van der Waals surface area contributed by atoms with E-state index < -0.39 is 0 Å². The van der Waals surface area contributed by atoms with Gasteiger partial charge < -0.3 is 14.5 Å². The molecule has 2 rings (SSSR count). The number of hydrogen-bond acceptors (Lipinski definition) is 3. The minimum Gasteiger partial charge on any atom is -0.469 e. The molecule has 1 aromatic heterocycles.